The topological polar surface area (TPSA) is 64.1 Å². The molecule has 0 aromatic heterocycles. The summed E-state index contributed by atoms with van der Waals surface area (Å²) < 4.78 is 0. The number of aliphatic carboxylic acids is 1. The van der Waals surface area contributed by atoms with Crippen molar-refractivity contribution in [1.29, 1.82) is 0 Å². The molecule has 0 radical (unpaired) electrons. The van der Waals surface area contributed by atoms with Crippen LogP contribution in [0.5, 0.6) is 0 Å². The predicted molar refractivity (Wildman–Crippen MR) is 80.2 cm³/mol. The Morgan fingerprint density at radius 2 is 1.86 bits per heavy atom. The van der Waals surface area contributed by atoms with Gasteiger partial charge in [0.2, 0.25) is 0 Å². The Morgan fingerprint density at radius 3 is 2.52 bits per heavy atom. The van der Waals surface area contributed by atoms with E-state index >= 15 is 0 Å². The molecule has 2 aliphatic heterocycles. The molecular weight excluding hydrogens is 270 g/mol. The number of nitrogens with zero attached hydrogens (tertiary/aromatic N) is 3. The van der Waals surface area contributed by atoms with Crippen molar-refractivity contribution in [2.75, 3.05) is 33.2 Å². The van der Waals surface area contributed by atoms with E-state index in [0.29, 0.717) is 13.0 Å². The van der Waals surface area contributed by atoms with E-state index in [1.54, 1.807) is 0 Å². The lowest BCUT2D eigenvalue weighted by Crippen LogP contribution is -2.50. The van der Waals surface area contributed by atoms with Crippen LogP contribution >= 0.6 is 0 Å². The van der Waals surface area contributed by atoms with E-state index in [1.807, 2.05) is 23.6 Å². The van der Waals surface area contributed by atoms with Crippen LogP contribution in [0.3, 0.4) is 0 Å². The van der Waals surface area contributed by atoms with E-state index in [1.165, 1.54) is 0 Å². The highest BCUT2D eigenvalue weighted by molar-refractivity contribution is 5.79. The van der Waals surface area contributed by atoms with Crippen LogP contribution in [-0.2, 0) is 4.79 Å². The summed E-state index contributed by atoms with van der Waals surface area (Å²) in [4.78, 5) is 29.7. The van der Waals surface area contributed by atoms with Crippen molar-refractivity contribution in [3.63, 3.8) is 0 Å². The number of piperazine rings is 1. The summed E-state index contributed by atoms with van der Waals surface area (Å²) in [5.41, 5.74) is 0. The van der Waals surface area contributed by atoms with Crippen LogP contribution in [0.4, 0.5) is 4.79 Å². The number of urea groups is 1. The fourth-order valence-corrected chi connectivity index (χ4v) is 3.77. The number of hydrogen-bond donors (Lipinski definition) is 1. The summed E-state index contributed by atoms with van der Waals surface area (Å²) in [6, 6.07) is 0.193. The summed E-state index contributed by atoms with van der Waals surface area (Å²) in [6.45, 7) is 7.26. The van der Waals surface area contributed by atoms with E-state index in [9.17, 15) is 14.7 Å². The van der Waals surface area contributed by atoms with Gasteiger partial charge in [0.1, 0.15) is 0 Å². The highest BCUT2D eigenvalue weighted by Crippen LogP contribution is 2.34. The molecule has 3 atom stereocenters. The van der Waals surface area contributed by atoms with E-state index in [2.05, 4.69) is 11.9 Å². The maximum Gasteiger partial charge on any atom is 0.320 e. The van der Waals surface area contributed by atoms with E-state index in [0.717, 1.165) is 32.5 Å². The zero-order chi connectivity index (χ0) is 15.6. The molecule has 1 saturated carbocycles. The Kier molecular flexibility index (Phi) is 5.08. The monoisotopic (exact) mass is 297 g/mol. The first-order chi connectivity index (χ1) is 10.1. The van der Waals surface area contributed by atoms with Gasteiger partial charge in [0.25, 0.3) is 0 Å². The van der Waals surface area contributed by atoms with Gasteiger partial charge in [-0.05, 0) is 19.9 Å². The average Bonchev–Trinajstić information content (AvgIpc) is 3.06. The summed E-state index contributed by atoms with van der Waals surface area (Å²) in [5.74, 6) is -1.12. The normalized spacial score (nSPS) is 32.7. The molecule has 3 unspecified atom stereocenters. The molecular formula is C15H27N3O3. The minimum absolute atomic E-state index is 0.0521. The van der Waals surface area contributed by atoms with Crippen LogP contribution in [0.1, 0.15) is 33.1 Å². The third-order valence-corrected chi connectivity index (χ3v) is 4.78. The summed E-state index contributed by atoms with van der Waals surface area (Å²) in [6.07, 6.45) is 2.45. The minimum atomic E-state index is -0.753. The number of carboxylic acids is 1. The predicted octanol–water partition coefficient (Wildman–Crippen LogP) is 1.32. The molecule has 3 rings (SSSR count). The van der Waals surface area contributed by atoms with Crippen molar-refractivity contribution < 1.29 is 14.7 Å². The Morgan fingerprint density at radius 1 is 1.14 bits per heavy atom. The Hall–Kier alpha value is -1.30. The number of hydrogen-bond acceptors (Lipinski definition) is 3. The number of amides is 2. The molecule has 0 aromatic carbocycles. The van der Waals surface area contributed by atoms with Gasteiger partial charge in [-0.15, -0.1) is 0 Å². The van der Waals surface area contributed by atoms with E-state index < -0.39 is 5.97 Å². The standard InChI is InChI=1S/C13H21N3O3.C2H6/c1-14-5-6-15-9(7-14)8-16(13(15)19)11-4-2-3-10(11)12(17)18;1-2/h9-11H,2-8H2,1H3,(H,17,18);1-2H3. The summed E-state index contributed by atoms with van der Waals surface area (Å²) in [5, 5.41) is 9.27. The maximum absolute atomic E-state index is 12.4. The van der Waals surface area contributed by atoms with Crippen molar-refractivity contribution >= 4 is 12.0 Å². The van der Waals surface area contributed by atoms with Gasteiger partial charge in [-0.3, -0.25) is 4.79 Å². The molecule has 2 amide bonds. The number of carboxylic acid groups (broad SMARTS) is 1. The van der Waals surface area contributed by atoms with Crippen LogP contribution in [0.2, 0.25) is 0 Å². The van der Waals surface area contributed by atoms with Gasteiger partial charge in [-0.25, -0.2) is 4.79 Å². The van der Waals surface area contributed by atoms with Gasteiger partial charge in [-0.1, -0.05) is 20.3 Å². The zero-order valence-electron chi connectivity index (χ0n) is 13.3. The SMILES string of the molecule is CC.CN1CCN2C(=O)N(C3CCCC3C(=O)O)CC2C1. The Balaban J connectivity index is 0.000000774. The van der Waals surface area contributed by atoms with Gasteiger partial charge in [0.15, 0.2) is 0 Å². The van der Waals surface area contributed by atoms with Crippen LogP contribution in [0, 0.1) is 5.92 Å². The first kappa shape index (κ1) is 16.1. The third-order valence-electron chi connectivity index (χ3n) is 4.78. The van der Waals surface area contributed by atoms with Crippen molar-refractivity contribution in [3.05, 3.63) is 0 Å². The van der Waals surface area contributed by atoms with Crippen molar-refractivity contribution in [2.24, 2.45) is 5.92 Å². The molecule has 2 heterocycles. The van der Waals surface area contributed by atoms with E-state index in [4.69, 9.17) is 0 Å². The second-order valence-corrected chi connectivity index (χ2v) is 5.99. The first-order valence-electron chi connectivity index (χ1n) is 8.06. The number of fused-ring (bicyclic) bond motifs is 1. The molecule has 0 bridgehead atoms. The number of carbonyl (C=O) groups excluding carboxylic acids is 1. The smallest absolute Gasteiger partial charge is 0.320 e. The molecule has 120 valence electrons. The largest absolute Gasteiger partial charge is 0.481 e. The molecule has 3 aliphatic rings. The molecule has 1 aliphatic carbocycles. The van der Waals surface area contributed by atoms with E-state index in [-0.39, 0.29) is 24.0 Å². The zero-order valence-corrected chi connectivity index (χ0v) is 13.3. The molecule has 6 heteroatoms. The van der Waals surface area contributed by atoms with Gasteiger partial charge >= 0.3 is 12.0 Å². The lowest BCUT2D eigenvalue weighted by Gasteiger charge is -2.34. The highest BCUT2D eigenvalue weighted by Gasteiger charge is 2.47. The first-order valence-corrected chi connectivity index (χ1v) is 8.06. The minimum Gasteiger partial charge on any atom is -0.481 e. The van der Waals surface area contributed by atoms with Crippen molar-refractivity contribution in [2.45, 2.75) is 45.2 Å². The Labute approximate surface area is 126 Å². The van der Waals surface area contributed by atoms with Crippen molar-refractivity contribution in [1.82, 2.24) is 14.7 Å². The Bertz CT molecular complexity index is 402. The van der Waals surface area contributed by atoms with Crippen molar-refractivity contribution in [3.8, 4) is 0 Å². The van der Waals surface area contributed by atoms with Crippen LogP contribution in [-0.4, -0.2) is 77.1 Å². The second kappa shape index (κ2) is 6.64. The molecule has 0 aromatic rings. The van der Waals surface area contributed by atoms with Gasteiger partial charge in [-0.2, -0.15) is 0 Å². The molecule has 2 saturated heterocycles. The lowest BCUT2D eigenvalue weighted by atomic mass is 10.0. The van der Waals surface area contributed by atoms with Crippen LogP contribution in [0.25, 0.3) is 0 Å². The van der Waals surface area contributed by atoms with Crippen LogP contribution in [0.15, 0.2) is 0 Å². The second-order valence-electron chi connectivity index (χ2n) is 5.99. The molecule has 21 heavy (non-hydrogen) atoms. The van der Waals surface area contributed by atoms with Gasteiger partial charge in [0.05, 0.1) is 12.0 Å². The fraction of sp³-hybridized carbons (Fsp3) is 0.867. The molecule has 6 nitrogen and oxygen atoms in total. The number of rotatable bonds is 2. The summed E-state index contributed by atoms with van der Waals surface area (Å²) in [7, 11) is 2.07. The molecule has 1 N–H and O–H groups in total. The highest BCUT2D eigenvalue weighted by atomic mass is 16.4. The average molecular weight is 297 g/mol. The number of likely N-dealkylation sites (N-methyl/N-ethyl adjacent to an activating group) is 1. The quantitative estimate of drug-likeness (QED) is 0.835. The van der Waals surface area contributed by atoms with Crippen LogP contribution < -0.4 is 0 Å². The van der Waals surface area contributed by atoms with Gasteiger partial charge < -0.3 is 19.8 Å². The molecule has 3 fully saturated rings. The maximum atomic E-state index is 12.4. The lowest BCUT2D eigenvalue weighted by molar-refractivity contribution is -0.142. The number of carbonyl (C=O) groups is 2. The third kappa shape index (κ3) is 3.00. The fourth-order valence-electron chi connectivity index (χ4n) is 3.77. The molecule has 0 spiro atoms. The van der Waals surface area contributed by atoms with Gasteiger partial charge in [0, 0.05) is 32.2 Å². The summed E-state index contributed by atoms with van der Waals surface area (Å²) >= 11 is 0.